The van der Waals surface area contributed by atoms with Crippen LogP contribution in [0.25, 0.3) is 0 Å². The van der Waals surface area contributed by atoms with Crippen molar-refractivity contribution in [3.8, 4) is 0 Å². The maximum Gasteiger partial charge on any atom is 0.193 e. The summed E-state index contributed by atoms with van der Waals surface area (Å²) in [6, 6.07) is 10.0. The maximum absolute atomic E-state index is 11.5. The van der Waals surface area contributed by atoms with Gasteiger partial charge in [0.15, 0.2) is 6.29 Å². The van der Waals surface area contributed by atoms with Crippen molar-refractivity contribution >= 4 is 11.3 Å². The molecule has 1 aliphatic heterocycles. The molecule has 0 amide bonds. The highest BCUT2D eigenvalue weighted by Gasteiger charge is 2.33. The number of rotatable bonds is 7. The van der Waals surface area contributed by atoms with E-state index in [1.54, 1.807) is 0 Å². The summed E-state index contributed by atoms with van der Waals surface area (Å²) in [4.78, 5) is 0.969. The molecule has 1 atom stereocenters. The van der Waals surface area contributed by atoms with Gasteiger partial charge in [0.25, 0.3) is 0 Å². The van der Waals surface area contributed by atoms with Crippen LogP contribution in [0.4, 0.5) is 0 Å². The number of thiophene rings is 1. The molecule has 1 saturated heterocycles. The first-order chi connectivity index (χ1) is 11.7. The lowest BCUT2D eigenvalue weighted by molar-refractivity contribution is -0.0415. The number of aliphatic hydroxyl groups is 2. The minimum Gasteiger partial charge on any atom is -0.396 e. The van der Waals surface area contributed by atoms with E-state index in [0.29, 0.717) is 26.1 Å². The fraction of sp³-hybridized carbons (Fsp3) is 0.474. The van der Waals surface area contributed by atoms with Crippen LogP contribution in [0.1, 0.15) is 47.6 Å². The number of aryl methyl sites for hydroxylation is 1. The molecular formula is C19H24O4S. The van der Waals surface area contributed by atoms with Gasteiger partial charge in [-0.05, 0) is 47.4 Å². The molecule has 1 aromatic heterocycles. The first-order valence-corrected chi connectivity index (χ1v) is 9.30. The highest BCUT2D eigenvalue weighted by molar-refractivity contribution is 7.10. The van der Waals surface area contributed by atoms with Crippen LogP contribution in [-0.4, -0.2) is 30.0 Å². The zero-order chi connectivity index (χ0) is 17.0. The molecule has 3 rings (SSSR count). The summed E-state index contributed by atoms with van der Waals surface area (Å²) in [5, 5.41) is 22.7. The summed E-state index contributed by atoms with van der Waals surface area (Å²) in [5.41, 5.74) is 1.78. The molecule has 0 saturated carbocycles. The van der Waals surface area contributed by atoms with Gasteiger partial charge in [0.05, 0.1) is 18.1 Å². The van der Waals surface area contributed by atoms with Gasteiger partial charge in [-0.1, -0.05) is 31.2 Å². The molecule has 24 heavy (non-hydrogen) atoms. The fourth-order valence-corrected chi connectivity index (χ4v) is 4.02. The maximum atomic E-state index is 11.5. The molecular weight excluding hydrogens is 324 g/mol. The summed E-state index contributed by atoms with van der Waals surface area (Å²) in [7, 11) is 0. The number of aliphatic hydroxyl groups excluding tert-OH is 1. The second-order valence-electron chi connectivity index (χ2n) is 6.05. The van der Waals surface area contributed by atoms with Gasteiger partial charge in [0.1, 0.15) is 5.60 Å². The van der Waals surface area contributed by atoms with Gasteiger partial charge in [-0.15, -0.1) is 11.3 Å². The number of hydrogen-bond acceptors (Lipinski definition) is 5. The van der Waals surface area contributed by atoms with Crippen molar-refractivity contribution in [1.29, 1.82) is 0 Å². The van der Waals surface area contributed by atoms with E-state index in [0.717, 1.165) is 22.4 Å². The van der Waals surface area contributed by atoms with Crippen molar-refractivity contribution in [2.75, 3.05) is 19.8 Å². The van der Waals surface area contributed by atoms with E-state index < -0.39 is 5.60 Å². The number of benzene rings is 1. The Kier molecular flexibility index (Phi) is 5.69. The van der Waals surface area contributed by atoms with E-state index in [2.05, 4.69) is 19.1 Å². The third-order valence-electron chi connectivity index (χ3n) is 4.46. The molecule has 0 aliphatic carbocycles. The Bertz CT molecular complexity index is 663. The van der Waals surface area contributed by atoms with E-state index in [1.807, 2.05) is 23.6 Å². The number of hydrogen-bond donors (Lipinski definition) is 2. The summed E-state index contributed by atoms with van der Waals surface area (Å²) < 4.78 is 11.1. The van der Waals surface area contributed by atoms with Gasteiger partial charge >= 0.3 is 0 Å². The molecule has 2 N–H and O–H groups in total. The highest BCUT2D eigenvalue weighted by atomic mass is 32.1. The van der Waals surface area contributed by atoms with Crippen LogP contribution < -0.4 is 0 Å². The predicted molar refractivity (Wildman–Crippen MR) is 94.1 cm³/mol. The molecule has 5 heteroatoms. The van der Waals surface area contributed by atoms with Crippen molar-refractivity contribution < 1.29 is 19.7 Å². The molecule has 1 unspecified atom stereocenters. The first kappa shape index (κ1) is 17.6. The molecule has 130 valence electrons. The van der Waals surface area contributed by atoms with Gasteiger partial charge in [0.2, 0.25) is 0 Å². The normalized spacial score (nSPS) is 18.0. The van der Waals surface area contributed by atoms with Crippen LogP contribution in [0.3, 0.4) is 0 Å². The van der Waals surface area contributed by atoms with E-state index in [9.17, 15) is 10.2 Å². The number of ether oxygens (including phenoxy) is 2. The molecule has 1 aliphatic rings. The minimum atomic E-state index is -1.11. The Balaban J connectivity index is 1.95. The van der Waals surface area contributed by atoms with E-state index in [1.165, 1.54) is 16.9 Å². The zero-order valence-electron chi connectivity index (χ0n) is 13.9. The lowest BCUT2D eigenvalue weighted by Crippen LogP contribution is -2.27. The van der Waals surface area contributed by atoms with E-state index >= 15 is 0 Å². The van der Waals surface area contributed by atoms with Crippen LogP contribution in [0, 0.1) is 0 Å². The summed E-state index contributed by atoms with van der Waals surface area (Å²) in [5.74, 6) is 0. The molecule has 1 aromatic carbocycles. The van der Waals surface area contributed by atoms with Gasteiger partial charge in [-0.3, -0.25) is 0 Å². The van der Waals surface area contributed by atoms with E-state index in [4.69, 9.17) is 9.47 Å². The Hall–Kier alpha value is -1.24. The van der Waals surface area contributed by atoms with Gasteiger partial charge < -0.3 is 19.7 Å². The van der Waals surface area contributed by atoms with Gasteiger partial charge in [-0.2, -0.15) is 0 Å². The molecule has 2 aromatic rings. The topological polar surface area (TPSA) is 58.9 Å². The van der Waals surface area contributed by atoms with Crippen molar-refractivity contribution in [1.82, 2.24) is 0 Å². The third kappa shape index (κ3) is 3.55. The third-order valence-corrected chi connectivity index (χ3v) is 5.42. The Morgan fingerprint density at radius 2 is 2.00 bits per heavy atom. The van der Waals surface area contributed by atoms with Crippen LogP contribution in [0.2, 0.25) is 0 Å². The second kappa shape index (κ2) is 7.76. The minimum absolute atomic E-state index is 0.0572. The van der Waals surface area contributed by atoms with E-state index in [-0.39, 0.29) is 12.9 Å². The Morgan fingerprint density at radius 3 is 2.71 bits per heavy atom. The smallest absolute Gasteiger partial charge is 0.193 e. The largest absolute Gasteiger partial charge is 0.396 e. The summed E-state index contributed by atoms with van der Waals surface area (Å²) >= 11 is 1.54. The molecule has 0 radical (unpaired) electrons. The van der Waals surface area contributed by atoms with Gasteiger partial charge in [-0.25, -0.2) is 0 Å². The van der Waals surface area contributed by atoms with Crippen LogP contribution in [-0.2, 0) is 21.5 Å². The molecule has 1 fully saturated rings. The SMILES string of the molecule is CCc1cccc(C(O)(CCCO)c2csc(C3OCCO3)c2)c1. The standard InChI is InChI=1S/C19H24O4S/c1-2-14-5-3-6-15(11-14)19(21,7-4-8-20)16-12-17(24-13-16)18-22-9-10-23-18/h3,5-6,11-13,18,20-21H,2,4,7-10H2,1H3. The zero-order valence-corrected chi connectivity index (χ0v) is 14.7. The average Bonchev–Trinajstić information content (AvgIpc) is 3.30. The molecule has 0 bridgehead atoms. The van der Waals surface area contributed by atoms with Crippen LogP contribution in [0.15, 0.2) is 35.7 Å². The van der Waals surface area contributed by atoms with Crippen molar-refractivity contribution in [3.63, 3.8) is 0 Å². The molecule has 0 spiro atoms. The molecule has 2 heterocycles. The lowest BCUT2D eigenvalue weighted by atomic mass is 9.83. The monoisotopic (exact) mass is 348 g/mol. The quantitative estimate of drug-likeness (QED) is 0.805. The second-order valence-corrected chi connectivity index (χ2v) is 7.00. The Morgan fingerprint density at radius 1 is 1.21 bits per heavy atom. The fourth-order valence-electron chi connectivity index (χ4n) is 3.05. The average molecular weight is 348 g/mol. The van der Waals surface area contributed by atoms with Gasteiger partial charge in [0, 0.05) is 6.61 Å². The molecule has 4 nitrogen and oxygen atoms in total. The summed E-state index contributed by atoms with van der Waals surface area (Å²) in [6.07, 6.45) is 1.60. The van der Waals surface area contributed by atoms with Crippen LogP contribution in [0.5, 0.6) is 0 Å². The summed E-state index contributed by atoms with van der Waals surface area (Å²) in [6.45, 7) is 3.36. The highest BCUT2D eigenvalue weighted by Crippen LogP contribution is 2.39. The van der Waals surface area contributed by atoms with Crippen LogP contribution >= 0.6 is 11.3 Å². The Labute approximate surface area is 146 Å². The van der Waals surface area contributed by atoms with Crippen molar-refractivity contribution in [3.05, 3.63) is 57.3 Å². The first-order valence-electron chi connectivity index (χ1n) is 8.42. The van der Waals surface area contributed by atoms with Crippen molar-refractivity contribution in [2.24, 2.45) is 0 Å². The van der Waals surface area contributed by atoms with Crippen molar-refractivity contribution in [2.45, 2.75) is 38.1 Å². The predicted octanol–water partition coefficient (Wildman–Crippen LogP) is 3.36. The lowest BCUT2D eigenvalue weighted by Gasteiger charge is -2.28.